The lowest BCUT2D eigenvalue weighted by molar-refractivity contribution is -0.134. The number of aliphatic carboxylic acids is 2. The van der Waals surface area contributed by atoms with Crippen LogP contribution >= 0.6 is 0 Å². The van der Waals surface area contributed by atoms with E-state index in [0.717, 1.165) is 51.1 Å². The van der Waals surface area contributed by atoms with Gasteiger partial charge in [0, 0.05) is 50.8 Å². The second-order valence-corrected chi connectivity index (χ2v) is 8.81. The summed E-state index contributed by atoms with van der Waals surface area (Å²) >= 11 is 0. The molecule has 10 nitrogen and oxygen atoms in total. The molecule has 3 saturated heterocycles. The fourth-order valence-electron chi connectivity index (χ4n) is 4.57. The number of halogens is 1. The Hall–Kier alpha value is -3.31. The van der Waals surface area contributed by atoms with Crippen molar-refractivity contribution in [3.63, 3.8) is 0 Å². The summed E-state index contributed by atoms with van der Waals surface area (Å²) in [4.78, 5) is 46.7. The number of amides is 3. The zero-order valence-electron chi connectivity index (χ0n) is 19.3. The summed E-state index contributed by atoms with van der Waals surface area (Å²) in [6, 6.07) is 6.57. The van der Waals surface area contributed by atoms with Crippen molar-refractivity contribution in [2.75, 3.05) is 32.8 Å². The largest absolute Gasteiger partial charge is 0.478 e. The van der Waals surface area contributed by atoms with E-state index in [-0.39, 0.29) is 29.9 Å². The molecule has 190 valence electrons. The molecule has 0 spiro atoms. The second-order valence-electron chi connectivity index (χ2n) is 8.81. The summed E-state index contributed by atoms with van der Waals surface area (Å²) in [7, 11) is 0. The minimum Gasteiger partial charge on any atom is -0.478 e. The molecule has 2 unspecified atom stereocenters. The molecule has 0 bridgehead atoms. The van der Waals surface area contributed by atoms with Gasteiger partial charge in [-0.25, -0.2) is 18.8 Å². The Morgan fingerprint density at radius 3 is 2.26 bits per heavy atom. The molecule has 1 aromatic carbocycles. The van der Waals surface area contributed by atoms with Crippen LogP contribution in [0.3, 0.4) is 0 Å². The number of hydrogen-bond donors (Lipinski definition) is 3. The maximum Gasteiger partial charge on any atom is 0.328 e. The van der Waals surface area contributed by atoms with Gasteiger partial charge in [-0.3, -0.25) is 10.1 Å². The molecule has 11 heteroatoms. The van der Waals surface area contributed by atoms with Crippen LogP contribution in [0.15, 0.2) is 36.4 Å². The van der Waals surface area contributed by atoms with Crippen LogP contribution in [0.5, 0.6) is 0 Å². The van der Waals surface area contributed by atoms with Crippen LogP contribution in [-0.4, -0.2) is 82.7 Å². The molecule has 35 heavy (non-hydrogen) atoms. The lowest BCUT2D eigenvalue weighted by Gasteiger charge is -2.40. The number of likely N-dealkylation sites (tertiary alicyclic amines) is 1. The predicted octanol–water partition coefficient (Wildman–Crippen LogP) is 2.02. The van der Waals surface area contributed by atoms with Crippen molar-refractivity contribution in [2.24, 2.45) is 5.92 Å². The number of nitrogens with zero attached hydrogens (tertiary/aromatic N) is 2. The SMILES string of the molecule is O=C(O)/C=C/C(=O)O.O=C1CCN(C2CCN(CC3COC(c4ccc(F)cc4)C3)CC2)C(=O)N1. The summed E-state index contributed by atoms with van der Waals surface area (Å²) in [6.45, 7) is 4.18. The van der Waals surface area contributed by atoms with Crippen molar-refractivity contribution in [3.05, 3.63) is 47.8 Å². The van der Waals surface area contributed by atoms with Crippen LogP contribution in [-0.2, 0) is 19.1 Å². The Morgan fingerprint density at radius 1 is 1.06 bits per heavy atom. The summed E-state index contributed by atoms with van der Waals surface area (Å²) in [5.74, 6) is -2.43. The molecular formula is C24H30FN3O7. The van der Waals surface area contributed by atoms with Gasteiger partial charge in [0.15, 0.2) is 0 Å². The van der Waals surface area contributed by atoms with Crippen LogP contribution in [0.2, 0.25) is 0 Å². The fraction of sp³-hybridized carbons (Fsp3) is 0.500. The van der Waals surface area contributed by atoms with Crippen molar-refractivity contribution in [3.8, 4) is 0 Å². The molecule has 3 N–H and O–H groups in total. The van der Waals surface area contributed by atoms with Crippen molar-refractivity contribution >= 4 is 23.9 Å². The van der Waals surface area contributed by atoms with E-state index in [1.165, 1.54) is 12.1 Å². The van der Waals surface area contributed by atoms with Crippen molar-refractivity contribution in [1.29, 1.82) is 0 Å². The number of carboxylic acids is 2. The van der Waals surface area contributed by atoms with E-state index in [1.54, 1.807) is 0 Å². The molecule has 3 aliphatic heterocycles. The molecule has 0 aromatic heterocycles. The highest BCUT2D eigenvalue weighted by Gasteiger charge is 2.33. The van der Waals surface area contributed by atoms with Gasteiger partial charge in [-0.1, -0.05) is 12.1 Å². The number of piperidine rings is 1. The van der Waals surface area contributed by atoms with E-state index in [2.05, 4.69) is 10.2 Å². The molecule has 3 fully saturated rings. The third kappa shape index (κ3) is 8.15. The molecule has 4 rings (SSSR count). The lowest BCUT2D eigenvalue weighted by Crippen LogP contribution is -2.56. The zero-order valence-corrected chi connectivity index (χ0v) is 19.3. The number of nitrogens with one attached hydrogen (secondary N) is 1. The second kappa shape index (κ2) is 12.4. The average Bonchev–Trinajstić information content (AvgIpc) is 3.28. The first kappa shape index (κ1) is 26.3. The van der Waals surface area contributed by atoms with Crippen LogP contribution in [0.4, 0.5) is 9.18 Å². The number of carbonyl (C=O) groups is 4. The third-order valence-electron chi connectivity index (χ3n) is 6.29. The smallest absolute Gasteiger partial charge is 0.328 e. The van der Waals surface area contributed by atoms with E-state index < -0.39 is 11.9 Å². The van der Waals surface area contributed by atoms with Gasteiger partial charge in [0.05, 0.1) is 12.7 Å². The number of urea groups is 1. The number of carboxylic acid groups (broad SMARTS) is 2. The van der Waals surface area contributed by atoms with Gasteiger partial charge in [-0.2, -0.15) is 0 Å². The Balaban J connectivity index is 0.000000371. The number of ether oxygens (including phenoxy) is 1. The maximum absolute atomic E-state index is 13.1. The van der Waals surface area contributed by atoms with Gasteiger partial charge >= 0.3 is 18.0 Å². The number of imide groups is 1. The summed E-state index contributed by atoms with van der Waals surface area (Å²) in [5.41, 5.74) is 1.04. The lowest BCUT2D eigenvalue weighted by atomic mass is 9.97. The molecule has 0 aliphatic carbocycles. The quantitative estimate of drug-likeness (QED) is 0.514. The first-order chi connectivity index (χ1) is 16.7. The topological polar surface area (TPSA) is 136 Å². The molecule has 0 radical (unpaired) electrons. The van der Waals surface area contributed by atoms with Crippen LogP contribution < -0.4 is 5.32 Å². The Kier molecular flexibility index (Phi) is 9.32. The molecule has 3 aliphatic rings. The van der Waals surface area contributed by atoms with Gasteiger partial charge in [-0.05, 0) is 42.9 Å². The standard InChI is InChI=1S/C20H26FN3O3.C4H4O4/c21-16-3-1-15(2-4-16)18-11-14(13-27-18)12-23-8-5-17(6-9-23)24-10-7-19(25)22-20(24)26;5-3(6)1-2-4(7)8/h1-4,14,17-18H,5-13H2,(H,22,25,26);1-2H,(H,5,6)(H,7,8)/b;2-1+. The Labute approximate surface area is 202 Å². The highest BCUT2D eigenvalue weighted by Crippen LogP contribution is 2.33. The van der Waals surface area contributed by atoms with Gasteiger partial charge in [0.1, 0.15) is 5.82 Å². The van der Waals surface area contributed by atoms with Crippen molar-refractivity contribution in [2.45, 2.75) is 37.8 Å². The monoisotopic (exact) mass is 491 g/mol. The minimum absolute atomic E-state index is 0.0581. The van der Waals surface area contributed by atoms with E-state index >= 15 is 0 Å². The van der Waals surface area contributed by atoms with E-state index in [9.17, 15) is 23.6 Å². The van der Waals surface area contributed by atoms with Gasteiger partial charge in [-0.15, -0.1) is 0 Å². The first-order valence-electron chi connectivity index (χ1n) is 11.5. The van der Waals surface area contributed by atoms with Crippen LogP contribution in [0.1, 0.15) is 37.4 Å². The summed E-state index contributed by atoms with van der Waals surface area (Å²) in [6.07, 6.45) is 4.42. The molecule has 3 amide bonds. The summed E-state index contributed by atoms with van der Waals surface area (Å²) < 4.78 is 19.0. The minimum atomic E-state index is -1.26. The third-order valence-corrected chi connectivity index (χ3v) is 6.29. The predicted molar refractivity (Wildman–Crippen MR) is 122 cm³/mol. The molecular weight excluding hydrogens is 461 g/mol. The van der Waals surface area contributed by atoms with Gasteiger partial charge in [0.25, 0.3) is 0 Å². The van der Waals surface area contributed by atoms with Crippen molar-refractivity contribution in [1.82, 2.24) is 15.1 Å². The first-order valence-corrected chi connectivity index (χ1v) is 11.5. The number of rotatable bonds is 6. The number of carbonyl (C=O) groups excluding carboxylic acids is 2. The van der Waals surface area contributed by atoms with E-state index in [0.29, 0.717) is 31.0 Å². The highest BCUT2D eigenvalue weighted by atomic mass is 19.1. The highest BCUT2D eigenvalue weighted by molar-refractivity contribution is 5.96. The van der Waals surface area contributed by atoms with E-state index in [4.69, 9.17) is 14.9 Å². The normalized spacial score (nSPS) is 23.6. The van der Waals surface area contributed by atoms with Gasteiger partial charge in [0.2, 0.25) is 5.91 Å². The zero-order chi connectivity index (χ0) is 25.4. The number of benzene rings is 1. The molecule has 0 saturated carbocycles. The molecule has 1 aromatic rings. The van der Waals surface area contributed by atoms with Crippen molar-refractivity contribution < 1.29 is 38.5 Å². The number of hydrogen-bond acceptors (Lipinski definition) is 6. The molecule has 3 heterocycles. The summed E-state index contributed by atoms with van der Waals surface area (Å²) in [5, 5.41) is 18.0. The van der Waals surface area contributed by atoms with Crippen LogP contribution in [0, 0.1) is 11.7 Å². The van der Waals surface area contributed by atoms with Crippen LogP contribution in [0.25, 0.3) is 0 Å². The Morgan fingerprint density at radius 2 is 1.69 bits per heavy atom. The maximum atomic E-state index is 13.1. The fourth-order valence-corrected chi connectivity index (χ4v) is 4.57. The van der Waals surface area contributed by atoms with Gasteiger partial charge < -0.3 is 24.7 Å². The average molecular weight is 492 g/mol. The Bertz CT molecular complexity index is 929. The molecule has 2 atom stereocenters. The van der Waals surface area contributed by atoms with E-state index in [1.807, 2.05) is 17.0 Å².